The van der Waals surface area contributed by atoms with E-state index >= 15 is 0 Å². The van der Waals surface area contributed by atoms with Crippen molar-refractivity contribution < 1.29 is 19.4 Å². The van der Waals surface area contributed by atoms with Crippen LogP contribution in [0.2, 0.25) is 0 Å². The first-order valence-electron chi connectivity index (χ1n) is 9.73. The topological polar surface area (TPSA) is 55.8 Å². The highest BCUT2D eigenvalue weighted by Gasteiger charge is 2.20. The Morgan fingerprint density at radius 1 is 0.897 bits per heavy atom. The first-order chi connectivity index (χ1) is 14.0. The molecule has 3 rings (SSSR count). The fraction of sp³-hybridized carbons (Fsp3) is 0.240. The molecule has 0 saturated carbocycles. The standard InChI is InChI=1S/C25H26O4/c1-18-8-6-13-24(19(18)2)29-15-14-28-22-12-7-9-20(16-22)17-23(25(26)27)21-10-4-3-5-11-21/h3-13,16,23H,14-15,17H2,1-2H3,(H,26,27). The minimum atomic E-state index is -0.829. The fourth-order valence-corrected chi connectivity index (χ4v) is 3.22. The number of carboxylic acid groups (broad SMARTS) is 1. The third-order valence-electron chi connectivity index (χ3n) is 5.00. The van der Waals surface area contributed by atoms with Gasteiger partial charge in [0.1, 0.15) is 24.7 Å². The molecule has 3 aromatic rings. The molecule has 0 aromatic heterocycles. The number of rotatable bonds is 9. The second-order valence-corrected chi connectivity index (χ2v) is 7.05. The molecule has 4 nitrogen and oxygen atoms in total. The van der Waals surface area contributed by atoms with Gasteiger partial charge in [-0.3, -0.25) is 4.79 Å². The number of aryl methyl sites for hydroxylation is 1. The Balaban J connectivity index is 1.58. The van der Waals surface area contributed by atoms with Crippen LogP contribution in [0.15, 0.2) is 72.8 Å². The summed E-state index contributed by atoms with van der Waals surface area (Å²) in [5.74, 6) is 0.169. The van der Waals surface area contributed by atoms with E-state index < -0.39 is 11.9 Å². The number of hydrogen-bond donors (Lipinski definition) is 1. The summed E-state index contributed by atoms with van der Waals surface area (Å²) >= 11 is 0. The Labute approximate surface area is 171 Å². The monoisotopic (exact) mass is 390 g/mol. The van der Waals surface area contributed by atoms with Gasteiger partial charge in [-0.1, -0.05) is 54.6 Å². The highest BCUT2D eigenvalue weighted by Crippen LogP contribution is 2.24. The molecule has 0 spiro atoms. The summed E-state index contributed by atoms with van der Waals surface area (Å²) in [5, 5.41) is 9.63. The Kier molecular flexibility index (Phi) is 6.90. The predicted octanol–water partition coefficient (Wildman–Crippen LogP) is 5.17. The first-order valence-corrected chi connectivity index (χ1v) is 9.73. The molecule has 150 valence electrons. The average molecular weight is 390 g/mol. The number of carboxylic acids is 1. The van der Waals surface area contributed by atoms with Crippen LogP contribution in [0.4, 0.5) is 0 Å². The summed E-state index contributed by atoms with van der Waals surface area (Å²) in [6.45, 7) is 4.96. The molecule has 0 fully saturated rings. The van der Waals surface area contributed by atoms with Crippen LogP contribution in [0, 0.1) is 13.8 Å². The fourth-order valence-electron chi connectivity index (χ4n) is 3.22. The molecular formula is C25H26O4. The van der Waals surface area contributed by atoms with E-state index in [4.69, 9.17) is 9.47 Å². The number of ether oxygens (including phenoxy) is 2. The molecule has 0 aliphatic heterocycles. The van der Waals surface area contributed by atoms with Crippen molar-refractivity contribution in [1.82, 2.24) is 0 Å². The summed E-state index contributed by atoms with van der Waals surface area (Å²) in [4.78, 5) is 11.7. The lowest BCUT2D eigenvalue weighted by Crippen LogP contribution is -2.14. The van der Waals surface area contributed by atoms with Gasteiger partial charge in [0.25, 0.3) is 0 Å². The largest absolute Gasteiger partial charge is 0.490 e. The maximum absolute atomic E-state index is 11.7. The van der Waals surface area contributed by atoms with Gasteiger partial charge in [0.15, 0.2) is 0 Å². The van der Waals surface area contributed by atoms with E-state index in [1.807, 2.05) is 73.7 Å². The molecule has 0 aliphatic carbocycles. The van der Waals surface area contributed by atoms with E-state index in [1.165, 1.54) is 5.56 Å². The first kappa shape index (κ1) is 20.5. The Bertz CT molecular complexity index is 950. The zero-order chi connectivity index (χ0) is 20.6. The second kappa shape index (κ2) is 9.78. The van der Waals surface area contributed by atoms with Gasteiger partial charge in [-0.05, 0) is 60.7 Å². The van der Waals surface area contributed by atoms with Gasteiger partial charge in [-0.25, -0.2) is 0 Å². The van der Waals surface area contributed by atoms with Gasteiger partial charge >= 0.3 is 5.97 Å². The normalized spacial score (nSPS) is 11.7. The van der Waals surface area contributed by atoms with Crippen molar-refractivity contribution in [2.24, 2.45) is 0 Å². The van der Waals surface area contributed by atoms with E-state index in [0.29, 0.717) is 25.4 Å². The van der Waals surface area contributed by atoms with E-state index in [2.05, 4.69) is 13.0 Å². The van der Waals surface area contributed by atoms with Crippen molar-refractivity contribution in [2.75, 3.05) is 13.2 Å². The third kappa shape index (κ3) is 5.61. The van der Waals surface area contributed by atoms with Gasteiger partial charge < -0.3 is 14.6 Å². The Morgan fingerprint density at radius 3 is 2.38 bits per heavy atom. The van der Waals surface area contributed by atoms with Gasteiger partial charge in [0.2, 0.25) is 0 Å². The maximum Gasteiger partial charge on any atom is 0.311 e. The van der Waals surface area contributed by atoms with Gasteiger partial charge in [0, 0.05) is 0 Å². The quantitative estimate of drug-likeness (QED) is 0.512. The van der Waals surface area contributed by atoms with Crippen molar-refractivity contribution in [3.63, 3.8) is 0 Å². The third-order valence-corrected chi connectivity index (χ3v) is 5.00. The van der Waals surface area contributed by atoms with Crippen molar-refractivity contribution in [3.05, 3.63) is 95.1 Å². The molecule has 4 heteroatoms. The number of carbonyl (C=O) groups is 1. The van der Waals surface area contributed by atoms with Crippen LogP contribution in [-0.4, -0.2) is 24.3 Å². The van der Waals surface area contributed by atoms with Crippen LogP contribution >= 0.6 is 0 Å². The van der Waals surface area contributed by atoms with Crippen LogP contribution < -0.4 is 9.47 Å². The smallest absolute Gasteiger partial charge is 0.311 e. The highest BCUT2D eigenvalue weighted by molar-refractivity contribution is 5.76. The van der Waals surface area contributed by atoms with Crippen LogP contribution in [-0.2, 0) is 11.2 Å². The Hall–Kier alpha value is -3.27. The lowest BCUT2D eigenvalue weighted by molar-refractivity contribution is -0.138. The van der Waals surface area contributed by atoms with Crippen LogP contribution in [0.5, 0.6) is 11.5 Å². The van der Waals surface area contributed by atoms with Crippen molar-refractivity contribution in [2.45, 2.75) is 26.2 Å². The molecule has 1 unspecified atom stereocenters. The predicted molar refractivity (Wildman–Crippen MR) is 114 cm³/mol. The van der Waals surface area contributed by atoms with Gasteiger partial charge in [-0.2, -0.15) is 0 Å². The molecule has 0 aliphatic rings. The lowest BCUT2D eigenvalue weighted by Gasteiger charge is -2.14. The van der Waals surface area contributed by atoms with E-state index in [-0.39, 0.29) is 0 Å². The van der Waals surface area contributed by atoms with Crippen molar-refractivity contribution in [1.29, 1.82) is 0 Å². The molecule has 0 saturated heterocycles. The zero-order valence-electron chi connectivity index (χ0n) is 16.8. The molecule has 0 heterocycles. The number of benzene rings is 3. The van der Waals surface area contributed by atoms with E-state index in [1.54, 1.807) is 0 Å². The Morgan fingerprint density at radius 2 is 1.62 bits per heavy atom. The average Bonchev–Trinajstić information content (AvgIpc) is 2.73. The summed E-state index contributed by atoms with van der Waals surface area (Å²) in [7, 11) is 0. The van der Waals surface area contributed by atoms with Crippen molar-refractivity contribution in [3.8, 4) is 11.5 Å². The molecule has 0 bridgehead atoms. The molecule has 0 radical (unpaired) electrons. The molecular weight excluding hydrogens is 364 g/mol. The molecule has 3 aromatic carbocycles. The van der Waals surface area contributed by atoms with E-state index in [9.17, 15) is 9.90 Å². The summed E-state index contributed by atoms with van der Waals surface area (Å²) < 4.78 is 11.6. The maximum atomic E-state index is 11.7. The van der Waals surface area contributed by atoms with Crippen molar-refractivity contribution >= 4 is 5.97 Å². The lowest BCUT2D eigenvalue weighted by atomic mass is 9.92. The molecule has 29 heavy (non-hydrogen) atoms. The number of hydrogen-bond acceptors (Lipinski definition) is 3. The molecule has 1 atom stereocenters. The SMILES string of the molecule is Cc1cccc(OCCOc2cccc(CC(C(=O)O)c3ccccc3)c2)c1C. The van der Waals surface area contributed by atoms with Crippen LogP contribution in [0.3, 0.4) is 0 Å². The molecule has 0 amide bonds. The summed E-state index contributed by atoms with van der Waals surface area (Å²) in [6, 6.07) is 22.9. The zero-order valence-corrected chi connectivity index (χ0v) is 16.8. The van der Waals surface area contributed by atoms with E-state index in [0.717, 1.165) is 22.4 Å². The summed E-state index contributed by atoms with van der Waals surface area (Å²) in [6.07, 6.45) is 0.412. The van der Waals surface area contributed by atoms with Gasteiger partial charge in [-0.15, -0.1) is 0 Å². The van der Waals surface area contributed by atoms with Crippen LogP contribution in [0.25, 0.3) is 0 Å². The molecule has 1 N–H and O–H groups in total. The minimum absolute atomic E-state index is 0.412. The second-order valence-electron chi connectivity index (χ2n) is 7.05. The number of aliphatic carboxylic acids is 1. The highest BCUT2D eigenvalue weighted by atomic mass is 16.5. The minimum Gasteiger partial charge on any atom is -0.490 e. The van der Waals surface area contributed by atoms with Gasteiger partial charge in [0.05, 0.1) is 5.92 Å². The van der Waals surface area contributed by atoms with Crippen LogP contribution in [0.1, 0.15) is 28.2 Å². The summed E-state index contributed by atoms with van der Waals surface area (Å²) in [5.41, 5.74) is 4.06.